The molecule has 1 amide bonds. The van der Waals surface area contributed by atoms with Gasteiger partial charge in [0.2, 0.25) is 0 Å². The summed E-state index contributed by atoms with van der Waals surface area (Å²) in [5.41, 5.74) is 4.91. The number of nitriles is 1. The van der Waals surface area contributed by atoms with Crippen LogP contribution in [0.1, 0.15) is 21.7 Å². The molecule has 0 radical (unpaired) electrons. The highest BCUT2D eigenvalue weighted by molar-refractivity contribution is 7.80. The summed E-state index contributed by atoms with van der Waals surface area (Å²) in [5, 5.41) is 19.0. The minimum atomic E-state index is -0.272. The van der Waals surface area contributed by atoms with Crippen molar-refractivity contribution in [2.75, 3.05) is 5.32 Å². The van der Waals surface area contributed by atoms with Crippen molar-refractivity contribution < 1.29 is 4.79 Å². The molecule has 0 fully saturated rings. The molecule has 1 aromatic heterocycles. The zero-order valence-corrected chi connectivity index (χ0v) is 19.3. The van der Waals surface area contributed by atoms with Gasteiger partial charge in [-0.2, -0.15) is 10.4 Å². The Kier molecular flexibility index (Phi) is 5.62. The molecule has 0 bridgehead atoms. The predicted molar refractivity (Wildman–Crippen MR) is 138 cm³/mol. The number of benzene rings is 4. The number of hydrogen-bond donors (Lipinski definition) is 2. The molecule has 34 heavy (non-hydrogen) atoms. The molecule has 0 aliphatic carbocycles. The summed E-state index contributed by atoms with van der Waals surface area (Å²) in [4.78, 5) is 13.9. The van der Waals surface area contributed by atoms with E-state index in [9.17, 15) is 10.1 Å². The summed E-state index contributed by atoms with van der Waals surface area (Å²) in [7, 11) is 0. The molecule has 6 heteroatoms. The number of anilines is 1. The zero-order chi connectivity index (χ0) is 23.7. The van der Waals surface area contributed by atoms with Crippen LogP contribution in [0.2, 0.25) is 0 Å². The van der Waals surface area contributed by atoms with Crippen molar-refractivity contribution in [1.29, 1.82) is 5.26 Å². The second-order valence-corrected chi connectivity index (χ2v) is 8.44. The first-order chi connectivity index (χ1) is 16.5. The number of aromatic nitrogens is 2. The van der Waals surface area contributed by atoms with Crippen LogP contribution in [0, 0.1) is 18.3 Å². The van der Waals surface area contributed by atoms with E-state index in [1.807, 2.05) is 85.8 Å². The molecule has 5 aromatic rings. The molecule has 0 saturated carbocycles. The molecule has 0 spiro atoms. The van der Waals surface area contributed by atoms with Crippen molar-refractivity contribution in [3.63, 3.8) is 0 Å². The highest BCUT2D eigenvalue weighted by Crippen LogP contribution is 2.28. The normalized spacial score (nSPS) is 10.7. The number of aryl methyl sites for hydroxylation is 1. The van der Waals surface area contributed by atoms with Crippen LogP contribution in [-0.4, -0.2) is 15.7 Å². The van der Waals surface area contributed by atoms with Crippen LogP contribution >= 0.6 is 12.6 Å². The second-order valence-electron chi connectivity index (χ2n) is 7.96. The first-order valence-corrected chi connectivity index (χ1v) is 11.2. The fourth-order valence-corrected chi connectivity index (χ4v) is 4.29. The third-order valence-corrected chi connectivity index (χ3v) is 5.99. The van der Waals surface area contributed by atoms with Gasteiger partial charge in [0.15, 0.2) is 0 Å². The summed E-state index contributed by atoms with van der Waals surface area (Å²) < 4.78 is 1.64. The quantitative estimate of drug-likeness (QED) is 0.304. The fourth-order valence-electron chi connectivity index (χ4n) is 3.99. The predicted octanol–water partition coefficient (Wildman–Crippen LogP) is 6.41. The van der Waals surface area contributed by atoms with E-state index in [1.165, 1.54) is 0 Å². The van der Waals surface area contributed by atoms with Crippen LogP contribution in [-0.2, 0) is 0 Å². The lowest BCUT2D eigenvalue weighted by molar-refractivity contribution is 0.101. The number of hydrogen-bond acceptors (Lipinski definition) is 4. The van der Waals surface area contributed by atoms with Crippen LogP contribution < -0.4 is 5.32 Å². The van der Waals surface area contributed by atoms with E-state index in [1.54, 1.807) is 16.8 Å². The first kappa shape index (κ1) is 21.5. The number of thiol groups is 1. The number of fused-ring (bicyclic) bond motifs is 1. The van der Waals surface area contributed by atoms with E-state index in [0.717, 1.165) is 38.2 Å². The van der Waals surface area contributed by atoms with Crippen molar-refractivity contribution >= 4 is 35.0 Å². The van der Waals surface area contributed by atoms with Gasteiger partial charge in [0.1, 0.15) is 5.69 Å². The maximum Gasteiger partial charge on any atom is 0.274 e. The number of nitrogens with one attached hydrogen (secondary N) is 1. The van der Waals surface area contributed by atoms with E-state index in [-0.39, 0.29) is 5.91 Å². The average molecular weight is 461 g/mol. The van der Waals surface area contributed by atoms with E-state index >= 15 is 0 Å². The lowest BCUT2D eigenvalue weighted by Gasteiger charge is -2.12. The Balaban J connectivity index is 1.45. The molecule has 164 valence electrons. The fraction of sp³-hybridized carbons (Fsp3) is 0.0357. The number of rotatable bonds is 4. The molecule has 4 aromatic carbocycles. The Hall–Kier alpha value is -4.34. The molecule has 0 unspecified atom stereocenters. The lowest BCUT2D eigenvalue weighted by Crippen LogP contribution is -2.17. The average Bonchev–Trinajstić information content (AvgIpc) is 3.25. The molecule has 1 heterocycles. The van der Waals surface area contributed by atoms with E-state index in [0.29, 0.717) is 16.9 Å². The molecule has 0 atom stereocenters. The molecule has 0 aliphatic heterocycles. The maximum atomic E-state index is 13.2. The Bertz CT molecular complexity index is 1580. The van der Waals surface area contributed by atoms with Crippen LogP contribution in [0.15, 0.2) is 95.9 Å². The Morgan fingerprint density at radius 1 is 0.941 bits per heavy atom. The zero-order valence-electron chi connectivity index (χ0n) is 18.4. The van der Waals surface area contributed by atoms with Crippen LogP contribution in [0.4, 0.5) is 5.69 Å². The molecule has 5 rings (SSSR count). The van der Waals surface area contributed by atoms with Gasteiger partial charge in [-0.15, -0.1) is 12.6 Å². The summed E-state index contributed by atoms with van der Waals surface area (Å²) in [6.07, 6.45) is 0. The molecule has 1 N–H and O–H groups in total. The van der Waals surface area contributed by atoms with Gasteiger partial charge < -0.3 is 5.32 Å². The van der Waals surface area contributed by atoms with Crippen molar-refractivity contribution in [2.24, 2.45) is 0 Å². The third-order valence-electron chi connectivity index (χ3n) is 5.64. The molecule has 0 saturated heterocycles. The van der Waals surface area contributed by atoms with E-state index < -0.39 is 0 Å². The van der Waals surface area contributed by atoms with E-state index in [2.05, 4.69) is 29.1 Å². The van der Waals surface area contributed by atoms with Gasteiger partial charge in [0.25, 0.3) is 5.91 Å². The summed E-state index contributed by atoms with van der Waals surface area (Å²) in [6, 6.07) is 30.8. The minimum absolute atomic E-state index is 0.272. The van der Waals surface area contributed by atoms with Crippen molar-refractivity contribution in [2.45, 2.75) is 11.8 Å². The van der Waals surface area contributed by atoms with Crippen molar-refractivity contribution in [3.05, 3.63) is 108 Å². The molecular formula is C28H20N4OS. The summed E-state index contributed by atoms with van der Waals surface area (Å²) in [5.74, 6) is -0.272. The third kappa shape index (κ3) is 4.05. The number of nitrogens with zero attached hydrogens (tertiary/aromatic N) is 3. The Morgan fingerprint density at radius 3 is 2.35 bits per heavy atom. The SMILES string of the molecule is Cc1cc(C(=O)Nc2ccc(-c3ccccc3C#N)cc2)n(-c2cc3ccccc3cc2S)n1. The number of carbonyl (C=O) groups is 1. The van der Waals surface area contributed by atoms with Crippen molar-refractivity contribution in [3.8, 4) is 22.9 Å². The van der Waals surface area contributed by atoms with Crippen LogP contribution in [0.3, 0.4) is 0 Å². The lowest BCUT2D eigenvalue weighted by atomic mass is 10.0. The van der Waals surface area contributed by atoms with Crippen LogP contribution in [0.25, 0.3) is 27.6 Å². The van der Waals surface area contributed by atoms with E-state index in [4.69, 9.17) is 0 Å². The highest BCUT2D eigenvalue weighted by atomic mass is 32.1. The number of carbonyl (C=O) groups excluding carboxylic acids is 1. The summed E-state index contributed by atoms with van der Waals surface area (Å²) >= 11 is 4.66. The Labute approximate surface area is 202 Å². The molecule has 5 nitrogen and oxygen atoms in total. The first-order valence-electron chi connectivity index (χ1n) is 10.7. The van der Waals surface area contributed by atoms with Gasteiger partial charge in [0, 0.05) is 10.6 Å². The molecule has 0 aliphatic rings. The van der Waals surface area contributed by atoms with Gasteiger partial charge in [0.05, 0.1) is 23.0 Å². The van der Waals surface area contributed by atoms with Crippen LogP contribution in [0.5, 0.6) is 0 Å². The largest absolute Gasteiger partial charge is 0.321 e. The summed E-state index contributed by atoms with van der Waals surface area (Å²) in [6.45, 7) is 1.86. The minimum Gasteiger partial charge on any atom is -0.321 e. The second kappa shape index (κ2) is 8.89. The standard InChI is InChI=1S/C28H20N4OS/c1-18-14-26(32(31-18)25-15-20-6-2-3-7-21(20)16-27(25)34)28(33)30-23-12-10-19(11-13-23)24-9-5-4-8-22(24)17-29/h2-16,34H,1H3,(H,30,33). The van der Waals surface area contributed by atoms with Gasteiger partial charge in [-0.1, -0.05) is 54.6 Å². The van der Waals surface area contributed by atoms with Gasteiger partial charge in [-0.05, 0) is 65.2 Å². The maximum absolute atomic E-state index is 13.2. The molecular weight excluding hydrogens is 440 g/mol. The van der Waals surface area contributed by atoms with Gasteiger partial charge in [-0.25, -0.2) is 4.68 Å². The smallest absolute Gasteiger partial charge is 0.274 e. The monoisotopic (exact) mass is 460 g/mol. The van der Waals surface area contributed by atoms with Gasteiger partial charge in [-0.3, -0.25) is 4.79 Å². The number of amides is 1. The van der Waals surface area contributed by atoms with Gasteiger partial charge >= 0.3 is 0 Å². The van der Waals surface area contributed by atoms with Crippen molar-refractivity contribution in [1.82, 2.24) is 9.78 Å². The highest BCUT2D eigenvalue weighted by Gasteiger charge is 2.18. The Morgan fingerprint density at radius 2 is 1.62 bits per heavy atom. The topological polar surface area (TPSA) is 70.7 Å².